The number of carbonyl (C=O) groups is 2. The van der Waals surface area contributed by atoms with E-state index in [1.165, 1.54) is 0 Å². The summed E-state index contributed by atoms with van der Waals surface area (Å²) in [5.74, 6) is 0.356. The molecule has 1 saturated heterocycles. The monoisotopic (exact) mass is 432 g/mol. The van der Waals surface area contributed by atoms with E-state index in [4.69, 9.17) is 9.47 Å². The largest absolute Gasteiger partial charge is 0.500 e. The van der Waals surface area contributed by atoms with Gasteiger partial charge >= 0.3 is 0 Å². The van der Waals surface area contributed by atoms with Crippen LogP contribution in [0.25, 0.3) is 0 Å². The van der Waals surface area contributed by atoms with Crippen LogP contribution in [0.5, 0.6) is 0 Å². The number of hydrogen-bond acceptors (Lipinski definition) is 4. The minimum absolute atomic E-state index is 0.0841. The quantitative estimate of drug-likeness (QED) is 0.267. The van der Waals surface area contributed by atoms with E-state index in [9.17, 15) is 9.59 Å². The van der Waals surface area contributed by atoms with Gasteiger partial charge in [0.25, 0.3) is 0 Å². The average molecular weight is 433 g/mol. The summed E-state index contributed by atoms with van der Waals surface area (Å²) < 4.78 is 12.5. The third-order valence-corrected chi connectivity index (χ3v) is 6.57. The summed E-state index contributed by atoms with van der Waals surface area (Å²) in [5, 5.41) is 0. The predicted molar refractivity (Wildman–Crippen MR) is 127 cm³/mol. The SMILES string of the molecule is C=CCC1=C(OC)[C@@]2(CC=C)C[C@H](CC=C)C(C)(C)OC2=C(C(=O)c2ccccc2)C1=O. The van der Waals surface area contributed by atoms with E-state index >= 15 is 0 Å². The zero-order chi connectivity index (χ0) is 23.5. The maximum atomic E-state index is 13.7. The van der Waals surface area contributed by atoms with Crippen molar-refractivity contribution in [1.82, 2.24) is 0 Å². The van der Waals surface area contributed by atoms with E-state index < -0.39 is 11.0 Å². The summed E-state index contributed by atoms with van der Waals surface area (Å²) in [6.45, 7) is 15.7. The minimum atomic E-state index is -0.786. The first-order chi connectivity index (χ1) is 15.3. The fourth-order valence-electron chi connectivity index (χ4n) is 5.01. The number of hydrogen-bond donors (Lipinski definition) is 0. The molecule has 1 aliphatic carbocycles. The van der Waals surface area contributed by atoms with Gasteiger partial charge in [-0.3, -0.25) is 9.59 Å². The molecule has 0 N–H and O–H groups in total. The van der Waals surface area contributed by atoms with E-state index in [2.05, 4.69) is 19.7 Å². The van der Waals surface area contributed by atoms with Gasteiger partial charge in [-0.05, 0) is 39.5 Å². The molecule has 32 heavy (non-hydrogen) atoms. The standard InChI is InChI=1S/C28H32O4/c1-7-13-20-18-28(17-9-3)25(31-6)21(14-8-2)24(30)22(26(28)32-27(20,4)5)23(29)19-15-11-10-12-16-19/h7-12,15-16,20H,1-3,13-14,17-18H2,4-6H3/t20-,28+/m0/s1. The number of methoxy groups -OCH3 is 1. The normalized spacial score (nSPS) is 24.3. The van der Waals surface area contributed by atoms with Gasteiger partial charge in [0, 0.05) is 17.1 Å². The molecular weight excluding hydrogens is 400 g/mol. The maximum Gasteiger partial charge on any atom is 0.200 e. The Bertz CT molecular complexity index is 1010. The molecule has 0 aromatic heterocycles. The zero-order valence-corrected chi connectivity index (χ0v) is 19.3. The van der Waals surface area contributed by atoms with Crippen molar-refractivity contribution in [2.24, 2.45) is 11.3 Å². The lowest BCUT2D eigenvalue weighted by atomic mass is 9.61. The van der Waals surface area contributed by atoms with Gasteiger partial charge in [0.1, 0.15) is 22.7 Å². The van der Waals surface area contributed by atoms with Crippen LogP contribution in [-0.4, -0.2) is 24.3 Å². The molecule has 4 nitrogen and oxygen atoms in total. The van der Waals surface area contributed by atoms with Gasteiger partial charge in [0.15, 0.2) is 11.6 Å². The van der Waals surface area contributed by atoms with E-state index in [-0.39, 0.29) is 23.1 Å². The Labute approximate surface area is 191 Å². The molecule has 168 valence electrons. The smallest absolute Gasteiger partial charge is 0.200 e. The lowest BCUT2D eigenvalue weighted by molar-refractivity contribution is -0.120. The molecule has 0 radical (unpaired) electrons. The molecule has 3 rings (SSSR count). The lowest BCUT2D eigenvalue weighted by Crippen LogP contribution is -2.50. The number of fused-ring (bicyclic) bond motifs is 1. The molecule has 2 atom stereocenters. The van der Waals surface area contributed by atoms with Crippen molar-refractivity contribution < 1.29 is 19.1 Å². The average Bonchev–Trinajstić information content (AvgIpc) is 2.77. The Morgan fingerprint density at radius 1 is 1.16 bits per heavy atom. The first-order valence-corrected chi connectivity index (χ1v) is 11.0. The Kier molecular flexibility index (Phi) is 6.73. The number of carbonyl (C=O) groups excluding carboxylic acids is 2. The number of benzene rings is 1. The highest BCUT2D eigenvalue weighted by Gasteiger charge is 2.57. The number of Topliss-reactive ketones (excluding diaryl/α,β-unsaturated/α-hetero) is 2. The second-order valence-corrected chi connectivity index (χ2v) is 8.94. The van der Waals surface area contributed by atoms with Crippen LogP contribution in [0.15, 0.2) is 91.0 Å². The minimum Gasteiger partial charge on any atom is -0.500 e. The second-order valence-electron chi connectivity index (χ2n) is 8.94. The van der Waals surface area contributed by atoms with Gasteiger partial charge in [0.2, 0.25) is 0 Å². The third-order valence-electron chi connectivity index (χ3n) is 6.57. The summed E-state index contributed by atoms with van der Waals surface area (Å²) in [4.78, 5) is 27.4. The van der Waals surface area contributed by atoms with Gasteiger partial charge in [-0.15, -0.1) is 19.7 Å². The topological polar surface area (TPSA) is 52.6 Å². The molecule has 1 aromatic rings. The number of rotatable bonds is 9. The highest BCUT2D eigenvalue weighted by Crippen LogP contribution is 2.58. The number of allylic oxidation sites excluding steroid dienone is 5. The molecule has 1 aromatic carbocycles. The first-order valence-electron chi connectivity index (χ1n) is 11.0. The number of ether oxygens (including phenoxy) is 2. The lowest BCUT2D eigenvalue weighted by Gasteiger charge is -2.52. The van der Waals surface area contributed by atoms with Crippen molar-refractivity contribution in [1.29, 1.82) is 0 Å². The van der Waals surface area contributed by atoms with Gasteiger partial charge in [-0.25, -0.2) is 0 Å². The summed E-state index contributed by atoms with van der Waals surface area (Å²) >= 11 is 0. The van der Waals surface area contributed by atoms with Gasteiger partial charge in [0.05, 0.1) is 12.5 Å². The van der Waals surface area contributed by atoms with Crippen molar-refractivity contribution >= 4 is 11.6 Å². The van der Waals surface area contributed by atoms with Crippen LogP contribution in [0, 0.1) is 11.3 Å². The van der Waals surface area contributed by atoms with Crippen molar-refractivity contribution in [3.8, 4) is 0 Å². The van der Waals surface area contributed by atoms with Crippen LogP contribution in [0.4, 0.5) is 0 Å². The molecule has 1 fully saturated rings. The Balaban J connectivity index is 2.35. The summed E-state index contributed by atoms with van der Waals surface area (Å²) in [6.07, 6.45) is 7.52. The third kappa shape index (κ3) is 3.79. The molecule has 1 heterocycles. The van der Waals surface area contributed by atoms with Crippen LogP contribution in [-0.2, 0) is 14.3 Å². The molecule has 0 amide bonds. The van der Waals surface area contributed by atoms with Gasteiger partial charge < -0.3 is 9.47 Å². The fourth-order valence-corrected chi connectivity index (χ4v) is 5.01. The molecule has 0 saturated carbocycles. The van der Waals surface area contributed by atoms with Crippen LogP contribution >= 0.6 is 0 Å². The van der Waals surface area contributed by atoms with Crippen molar-refractivity contribution in [2.75, 3.05) is 7.11 Å². The van der Waals surface area contributed by atoms with Crippen LogP contribution < -0.4 is 0 Å². The van der Waals surface area contributed by atoms with E-state index in [0.717, 1.165) is 6.42 Å². The van der Waals surface area contributed by atoms with Gasteiger partial charge in [-0.1, -0.05) is 48.6 Å². The first kappa shape index (κ1) is 23.5. The fraction of sp³-hybridized carbons (Fsp3) is 0.357. The van der Waals surface area contributed by atoms with Crippen LogP contribution in [0.3, 0.4) is 0 Å². The van der Waals surface area contributed by atoms with E-state index in [1.807, 2.05) is 26.0 Å². The van der Waals surface area contributed by atoms with Crippen LogP contribution in [0.2, 0.25) is 0 Å². The highest BCUT2D eigenvalue weighted by atomic mass is 16.5. The Hall–Kier alpha value is -3.14. The highest BCUT2D eigenvalue weighted by molar-refractivity contribution is 6.32. The van der Waals surface area contributed by atoms with Gasteiger partial charge in [-0.2, -0.15) is 0 Å². The number of ketones is 2. The van der Waals surface area contributed by atoms with Crippen molar-refractivity contribution in [3.05, 3.63) is 96.5 Å². The molecule has 1 aliphatic heterocycles. The molecule has 0 spiro atoms. The van der Waals surface area contributed by atoms with Crippen LogP contribution in [0.1, 0.15) is 49.9 Å². The molecule has 2 aliphatic rings. The summed E-state index contributed by atoms with van der Waals surface area (Å²) in [5.41, 5.74) is -0.393. The predicted octanol–water partition coefficient (Wildman–Crippen LogP) is 6.14. The zero-order valence-electron chi connectivity index (χ0n) is 19.3. The van der Waals surface area contributed by atoms with E-state index in [1.54, 1.807) is 43.5 Å². The van der Waals surface area contributed by atoms with Crippen molar-refractivity contribution in [2.45, 2.75) is 45.1 Å². The van der Waals surface area contributed by atoms with Crippen molar-refractivity contribution in [3.63, 3.8) is 0 Å². The summed E-state index contributed by atoms with van der Waals surface area (Å²) in [7, 11) is 1.57. The molecular formula is C28H32O4. The Morgan fingerprint density at radius 3 is 2.41 bits per heavy atom. The maximum absolute atomic E-state index is 13.7. The molecule has 0 bridgehead atoms. The van der Waals surface area contributed by atoms with E-state index in [0.29, 0.717) is 41.9 Å². The summed E-state index contributed by atoms with van der Waals surface area (Å²) in [6, 6.07) is 8.85. The molecule has 4 heteroatoms. The molecule has 0 unspecified atom stereocenters. The second kappa shape index (κ2) is 9.15. The Morgan fingerprint density at radius 2 is 1.84 bits per heavy atom.